The molecular weight excluding hydrogens is 232 g/mol. The summed E-state index contributed by atoms with van der Waals surface area (Å²) in [4.78, 5) is 11.5. The minimum Gasteiger partial charge on any atom is -0.367 e. The molecule has 4 nitrogen and oxygen atoms in total. The Kier molecular flexibility index (Phi) is 2.63. The van der Waals surface area contributed by atoms with Crippen LogP contribution < -0.4 is 10.6 Å². The fourth-order valence-corrected chi connectivity index (χ4v) is 2.76. The van der Waals surface area contributed by atoms with Gasteiger partial charge in [0.25, 0.3) is 0 Å². The van der Waals surface area contributed by atoms with Gasteiger partial charge < -0.3 is 10.6 Å². The van der Waals surface area contributed by atoms with Crippen LogP contribution in [-0.4, -0.2) is 23.1 Å². The second kappa shape index (κ2) is 4.14. The van der Waals surface area contributed by atoms with Crippen molar-refractivity contribution >= 4 is 33.3 Å². The molecule has 0 aliphatic heterocycles. The van der Waals surface area contributed by atoms with Gasteiger partial charge in [-0.3, -0.25) is 0 Å². The predicted molar refractivity (Wildman–Crippen MR) is 73.0 cm³/mol. The summed E-state index contributed by atoms with van der Waals surface area (Å²) < 4.78 is 0. The quantitative estimate of drug-likeness (QED) is 0.873. The number of fused-ring (bicyclic) bond motifs is 1. The second-order valence-electron chi connectivity index (χ2n) is 4.35. The van der Waals surface area contributed by atoms with E-state index in [1.807, 2.05) is 7.05 Å². The molecule has 2 aromatic rings. The van der Waals surface area contributed by atoms with Gasteiger partial charge in [-0.05, 0) is 25.3 Å². The number of aryl methyl sites for hydroxylation is 1. The van der Waals surface area contributed by atoms with Gasteiger partial charge in [0, 0.05) is 18.0 Å². The summed E-state index contributed by atoms with van der Waals surface area (Å²) in [7, 11) is 1.86. The predicted octanol–water partition coefficient (Wildman–Crippen LogP) is 2.87. The molecule has 2 N–H and O–H groups in total. The molecule has 2 heterocycles. The molecule has 1 aliphatic rings. The molecule has 1 saturated carbocycles. The molecule has 2 aromatic heterocycles. The smallest absolute Gasteiger partial charge is 0.225 e. The van der Waals surface area contributed by atoms with Crippen LogP contribution in [0, 0.1) is 0 Å². The largest absolute Gasteiger partial charge is 0.367 e. The molecule has 0 saturated heterocycles. The Morgan fingerprint density at radius 3 is 2.88 bits per heavy atom. The van der Waals surface area contributed by atoms with Crippen LogP contribution in [0.2, 0.25) is 0 Å². The zero-order valence-electron chi connectivity index (χ0n) is 10.1. The molecular formula is C12H16N4S. The highest BCUT2D eigenvalue weighted by atomic mass is 32.1. The van der Waals surface area contributed by atoms with E-state index in [1.54, 1.807) is 11.3 Å². The van der Waals surface area contributed by atoms with Gasteiger partial charge in [-0.15, -0.1) is 11.3 Å². The highest BCUT2D eigenvalue weighted by Crippen LogP contribution is 2.33. The Balaban J connectivity index is 2.10. The maximum absolute atomic E-state index is 4.52. The van der Waals surface area contributed by atoms with E-state index in [9.17, 15) is 0 Å². The van der Waals surface area contributed by atoms with E-state index in [0.29, 0.717) is 12.0 Å². The lowest BCUT2D eigenvalue weighted by Crippen LogP contribution is -2.06. The minimum atomic E-state index is 0.614. The Bertz CT molecular complexity index is 545. The first kappa shape index (κ1) is 10.8. The standard InChI is InChI=1S/C12H16N4S/c1-3-8-6-9-10(14-7-4-5-7)15-12(13-2)16-11(9)17-8/h6-7H,3-5H2,1-2H3,(H2,13,14,15,16). The summed E-state index contributed by atoms with van der Waals surface area (Å²) in [6.45, 7) is 2.17. The van der Waals surface area contributed by atoms with E-state index in [-0.39, 0.29) is 0 Å². The zero-order chi connectivity index (χ0) is 11.8. The van der Waals surface area contributed by atoms with Crippen molar-refractivity contribution < 1.29 is 0 Å². The van der Waals surface area contributed by atoms with Crippen LogP contribution in [0.1, 0.15) is 24.6 Å². The molecule has 0 bridgehead atoms. The second-order valence-corrected chi connectivity index (χ2v) is 5.46. The van der Waals surface area contributed by atoms with Crippen LogP contribution in [0.5, 0.6) is 0 Å². The van der Waals surface area contributed by atoms with Crippen LogP contribution in [-0.2, 0) is 6.42 Å². The molecule has 0 atom stereocenters. The van der Waals surface area contributed by atoms with Crippen molar-refractivity contribution in [1.82, 2.24) is 9.97 Å². The average molecular weight is 248 g/mol. The summed E-state index contributed by atoms with van der Waals surface area (Å²) in [6.07, 6.45) is 3.56. The molecule has 0 aromatic carbocycles. The summed E-state index contributed by atoms with van der Waals surface area (Å²) in [5, 5.41) is 7.68. The lowest BCUT2D eigenvalue weighted by atomic mass is 10.3. The lowest BCUT2D eigenvalue weighted by Gasteiger charge is -2.06. The monoisotopic (exact) mass is 248 g/mol. The normalized spacial score (nSPS) is 15.2. The van der Waals surface area contributed by atoms with Crippen molar-refractivity contribution in [3.8, 4) is 0 Å². The maximum Gasteiger partial charge on any atom is 0.225 e. The molecule has 0 spiro atoms. The molecule has 5 heteroatoms. The SMILES string of the molecule is CCc1cc2c(NC3CC3)nc(NC)nc2s1. The van der Waals surface area contributed by atoms with Gasteiger partial charge in [-0.1, -0.05) is 6.92 Å². The van der Waals surface area contributed by atoms with Gasteiger partial charge in [-0.2, -0.15) is 4.98 Å². The third kappa shape index (κ3) is 2.07. The van der Waals surface area contributed by atoms with Crippen molar-refractivity contribution in [3.63, 3.8) is 0 Å². The van der Waals surface area contributed by atoms with Crippen molar-refractivity contribution in [3.05, 3.63) is 10.9 Å². The Morgan fingerprint density at radius 1 is 1.41 bits per heavy atom. The molecule has 0 unspecified atom stereocenters. The van der Waals surface area contributed by atoms with E-state index in [2.05, 4.69) is 33.6 Å². The number of thiophene rings is 1. The molecule has 3 rings (SSSR count). The third-order valence-electron chi connectivity index (χ3n) is 2.93. The molecule has 1 fully saturated rings. The highest BCUT2D eigenvalue weighted by molar-refractivity contribution is 7.18. The summed E-state index contributed by atoms with van der Waals surface area (Å²) >= 11 is 1.76. The fourth-order valence-electron chi connectivity index (χ4n) is 1.79. The number of nitrogens with one attached hydrogen (secondary N) is 2. The number of aromatic nitrogens is 2. The number of hydrogen-bond acceptors (Lipinski definition) is 5. The van der Waals surface area contributed by atoms with Crippen molar-refractivity contribution in [2.45, 2.75) is 32.2 Å². The first-order valence-electron chi connectivity index (χ1n) is 6.05. The van der Waals surface area contributed by atoms with Gasteiger partial charge in [-0.25, -0.2) is 4.98 Å². The minimum absolute atomic E-state index is 0.614. The van der Waals surface area contributed by atoms with Gasteiger partial charge in [0.2, 0.25) is 5.95 Å². The van der Waals surface area contributed by atoms with Crippen LogP contribution in [0.4, 0.5) is 11.8 Å². The van der Waals surface area contributed by atoms with E-state index in [0.717, 1.165) is 22.5 Å². The van der Waals surface area contributed by atoms with Gasteiger partial charge in [0.05, 0.1) is 5.39 Å². The van der Waals surface area contributed by atoms with Gasteiger partial charge >= 0.3 is 0 Å². The fraction of sp³-hybridized carbons (Fsp3) is 0.500. The van der Waals surface area contributed by atoms with Crippen LogP contribution >= 0.6 is 11.3 Å². The molecule has 0 radical (unpaired) electrons. The van der Waals surface area contributed by atoms with Crippen molar-refractivity contribution in [2.75, 3.05) is 17.7 Å². The molecule has 1 aliphatic carbocycles. The van der Waals surface area contributed by atoms with Crippen LogP contribution in [0.25, 0.3) is 10.2 Å². The molecule has 0 amide bonds. The lowest BCUT2D eigenvalue weighted by molar-refractivity contribution is 1.10. The first-order chi connectivity index (χ1) is 8.30. The number of anilines is 2. The van der Waals surface area contributed by atoms with E-state index >= 15 is 0 Å². The first-order valence-corrected chi connectivity index (χ1v) is 6.86. The summed E-state index contributed by atoms with van der Waals surface area (Å²) in [5.41, 5.74) is 0. The van der Waals surface area contributed by atoms with E-state index in [1.165, 1.54) is 17.7 Å². The van der Waals surface area contributed by atoms with Crippen molar-refractivity contribution in [2.24, 2.45) is 0 Å². The van der Waals surface area contributed by atoms with E-state index in [4.69, 9.17) is 0 Å². The Labute approximate surface area is 104 Å². The third-order valence-corrected chi connectivity index (χ3v) is 4.11. The molecule has 17 heavy (non-hydrogen) atoms. The molecule has 90 valence electrons. The zero-order valence-corrected chi connectivity index (χ0v) is 10.9. The van der Waals surface area contributed by atoms with Crippen molar-refractivity contribution in [1.29, 1.82) is 0 Å². The van der Waals surface area contributed by atoms with Gasteiger partial charge in [0.1, 0.15) is 10.6 Å². The number of rotatable bonds is 4. The number of nitrogens with zero attached hydrogens (tertiary/aromatic N) is 2. The summed E-state index contributed by atoms with van der Waals surface area (Å²) in [6, 6.07) is 2.83. The Hall–Kier alpha value is -1.36. The summed E-state index contributed by atoms with van der Waals surface area (Å²) in [5.74, 6) is 1.68. The van der Waals surface area contributed by atoms with Crippen LogP contribution in [0.15, 0.2) is 6.07 Å². The highest BCUT2D eigenvalue weighted by Gasteiger charge is 2.23. The maximum atomic E-state index is 4.52. The number of hydrogen-bond donors (Lipinski definition) is 2. The van der Waals surface area contributed by atoms with Crippen LogP contribution in [0.3, 0.4) is 0 Å². The Morgan fingerprint density at radius 2 is 2.24 bits per heavy atom. The topological polar surface area (TPSA) is 49.8 Å². The van der Waals surface area contributed by atoms with E-state index < -0.39 is 0 Å². The average Bonchev–Trinajstić information content (AvgIpc) is 3.05. The van der Waals surface area contributed by atoms with Gasteiger partial charge in [0.15, 0.2) is 0 Å².